The highest BCUT2D eigenvalue weighted by molar-refractivity contribution is 5.13. The van der Waals surface area contributed by atoms with Crippen LogP contribution in [0, 0.1) is 41.2 Å². The van der Waals surface area contributed by atoms with Crippen molar-refractivity contribution >= 4 is 0 Å². The van der Waals surface area contributed by atoms with Crippen molar-refractivity contribution in [2.75, 3.05) is 0 Å². The minimum absolute atomic E-state index is 0.620. The molecule has 0 aliphatic heterocycles. The Morgan fingerprint density at radius 2 is 1.32 bits per heavy atom. The minimum atomic E-state index is -2.17. The van der Waals surface area contributed by atoms with Crippen molar-refractivity contribution < 1.29 is 22.0 Å². The van der Waals surface area contributed by atoms with Crippen molar-refractivity contribution in [2.45, 2.75) is 6.54 Å². The summed E-state index contributed by atoms with van der Waals surface area (Å²) in [5.74, 6) is -10.0. The fourth-order valence-corrected chi connectivity index (χ4v) is 1.05. The highest BCUT2D eigenvalue weighted by Crippen LogP contribution is 2.16. The van der Waals surface area contributed by atoms with Gasteiger partial charge in [-0.2, -0.15) is 0 Å². The molecule has 2 rings (SSSR count). The molecule has 0 saturated carbocycles. The fraction of sp³-hybridized carbons (Fsp3) is 0.0769. The van der Waals surface area contributed by atoms with Gasteiger partial charge in [0.25, 0.3) is 0 Å². The Kier molecular flexibility index (Phi) is 5.44. The number of halogens is 5. The first-order valence-electron chi connectivity index (χ1n) is 5.03. The molecule has 0 bridgehead atoms. The predicted molar refractivity (Wildman–Crippen MR) is 58.2 cm³/mol. The standard InChI is InChI=1S/C7H8N.C6F5/c8-6-7-4-2-1-3-5-7;7-2-1-3(8)5(10)6(11)4(2)9/h2-5H,6,8H2;. The van der Waals surface area contributed by atoms with Gasteiger partial charge in [0.15, 0.2) is 23.3 Å². The van der Waals surface area contributed by atoms with E-state index in [-0.39, 0.29) is 0 Å². The van der Waals surface area contributed by atoms with Crippen LogP contribution in [-0.2, 0) is 6.54 Å². The minimum Gasteiger partial charge on any atom is -0.326 e. The number of rotatable bonds is 1. The van der Waals surface area contributed by atoms with Crippen molar-refractivity contribution in [3.8, 4) is 0 Å². The van der Waals surface area contributed by atoms with Gasteiger partial charge in [-0.3, -0.25) is 0 Å². The van der Waals surface area contributed by atoms with Crippen LogP contribution < -0.4 is 5.73 Å². The monoisotopic (exact) mass is 273 g/mol. The van der Waals surface area contributed by atoms with Gasteiger partial charge in [-0.1, -0.05) is 24.3 Å². The Bertz CT molecular complexity index is 516. The molecule has 2 radical (unpaired) electrons. The van der Waals surface area contributed by atoms with Crippen LogP contribution in [0.25, 0.3) is 0 Å². The molecule has 6 heteroatoms. The van der Waals surface area contributed by atoms with Crippen LogP contribution in [0.15, 0.2) is 24.3 Å². The van der Waals surface area contributed by atoms with Crippen LogP contribution in [0.4, 0.5) is 22.0 Å². The molecule has 19 heavy (non-hydrogen) atoms. The van der Waals surface area contributed by atoms with Crippen LogP contribution in [0.3, 0.4) is 0 Å². The molecule has 0 heterocycles. The molecule has 0 unspecified atom stereocenters. The molecule has 1 nitrogen and oxygen atoms in total. The Hall–Kier alpha value is -1.95. The zero-order chi connectivity index (χ0) is 14.4. The molecule has 2 aromatic rings. The summed E-state index contributed by atoms with van der Waals surface area (Å²) in [6.07, 6.45) is 0. The topological polar surface area (TPSA) is 26.0 Å². The van der Waals surface area contributed by atoms with Gasteiger partial charge >= 0.3 is 0 Å². The third kappa shape index (κ3) is 4.03. The molecule has 0 aromatic heterocycles. The molecule has 0 aliphatic carbocycles. The molecule has 2 N–H and O–H groups in total. The van der Waals surface area contributed by atoms with E-state index >= 15 is 0 Å². The van der Waals surface area contributed by atoms with E-state index in [0.717, 1.165) is 11.6 Å². The first-order valence-corrected chi connectivity index (χ1v) is 5.03. The van der Waals surface area contributed by atoms with E-state index in [0.29, 0.717) is 6.54 Å². The molecule has 2 aromatic carbocycles. The Morgan fingerprint density at radius 3 is 1.68 bits per heavy atom. The average Bonchev–Trinajstić information content (AvgIpc) is 2.44. The summed E-state index contributed by atoms with van der Waals surface area (Å²) in [4.78, 5) is 0. The van der Waals surface area contributed by atoms with Crippen molar-refractivity contribution in [1.29, 1.82) is 0 Å². The van der Waals surface area contributed by atoms with Gasteiger partial charge in [-0.25, -0.2) is 22.0 Å². The van der Waals surface area contributed by atoms with Gasteiger partial charge in [0.1, 0.15) is 0 Å². The van der Waals surface area contributed by atoms with Crippen LogP contribution in [0.2, 0.25) is 0 Å². The van der Waals surface area contributed by atoms with Crippen LogP contribution >= 0.6 is 0 Å². The largest absolute Gasteiger partial charge is 0.326 e. The summed E-state index contributed by atoms with van der Waals surface area (Å²) in [6, 6.07) is 11.6. The maximum Gasteiger partial charge on any atom is 0.200 e. The molecule has 0 spiro atoms. The zero-order valence-corrected chi connectivity index (χ0v) is 9.48. The lowest BCUT2D eigenvalue weighted by atomic mass is 10.2. The van der Waals surface area contributed by atoms with E-state index in [1.165, 1.54) is 0 Å². The lowest BCUT2D eigenvalue weighted by Gasteiger charge is -1.95. The van der Waals surface area contributed by atoms with E-state index in [1.54, 1.807) is 0 Å². The number of benzene rings is 2. The lowest BCUT2D eigenvalue weighted by Crippen LogP contribution is -1.98. The number of nitrogens with two attached hydrogens (primary N) is 1. The maximum atomic E-state index is 12.0. The number of hydrogen-bond acceptors (Lipinski definition) is 1. The molecular formula is C13H8F5N. The van der Waals surface area contributed by atoms with Crippen LogP contribution in [0.5, 0.6) is 0 Å². The van der Waals surface area contributed by atoms with E-state index in [9.17, 15) is 22.0 Å². The van der Waals surface area contributed by atoms with Gasteiger partial charge < -0.3 is 5.73 Å². The molecule has 100 valence electrons. The van der Waals surface area contributed by atoms with Gasteiger partial charge in [-0.05, 0) is 11.6 Å². The summed E-state index contributed by atoms with van der Waals surface area (Å²) in [6.45, 7) is 0.620. The second-order valence-electron chi connectivity index (χ2n) is 3.31. The highest BCUT2D eigenvalue weighted by Gasteiger charge is 2.18. The highest BCUT2D eigenvalue weighted by atomic mass is 19.2. The van der Waals surface area contributed by atoms with Gasteiger partial charge in [0.2, 0.25) is 5.82 Å². The van der Waals surface area contributed by atoms with E-state index < -0.39 is 29.1 Å². The SMILES string of the molecule is Fc1[c]c(F)c(F)c(F)c1F.NCc1cc[c]cc1. The maximum absolute atomic E-state index is 12.0. The van der Waals surface area contributed by atoms with Crippen LogP contribution in [-0.4, -0.2) is 0 Å². The quantitative estimate of drug-likeness (QED) is 0.482. The predicted octanol–water partition coefficient (Wildman–Crippen LogP) is 3.13. The Morgan fingerprint density at radius 1 is 0.842 bits per heavy atom. The first-order chi connectivity index (χ1) is 8.97. The average molecular weight is 273 g/mol. The second kappa shape index (κ2) is 6.84. The zero-order valence-electron chi connectivity index (χ0n) is 9.48. The summed E-state index contributed by atoms with van der Waals surface area (Å²) >= 11 is 0. The third-order valence-electron chi connectivity index (χ3n) is 2.01. The Labute approximate surface area is 106 Å². The van der Waals surface area contributed by atoms with E-state index in [4.69, 9.17) is 5.73 Å². The summed E-state index contributed by atoms with van der Waals surface area (Å²) in [5.41, 5.74) is 6.49. The second-order valence-corrected chi connectivity index (χ2v) is 3.31. The molecule has 0 fully saturated rings. The fourth-order valence-electron chi connectivity index (χ4n) is 1.05. The first kappa shape index (κ1) is 15.1. The summed E-state index contributed by atoms with van der Waals surface area (Å²) < 4.78 is 59.9. The molecule has 0 saturated heterocycles. The molecule has 0 aliphatic rings. The Balaban J connectivity index is 0.000000200. The van der Waals surface area contributed by atoms with E-state index in [1.807, 2.05) is 24.3 Å². The molecule has 0 atom stereocenters. The van der Waals surface area contributed by atoms with Gasteiger partial charge in [0.05, 0.1) is 6.07 Å². The molecular weight excluding hydrogens is 265 g/mol. The smallest absolute Gasteiger partial charge is 0.200 e. The normalized spacial score (nSPS) is 9.79. The van der Waals surface area contributed by atoms with Crippen molar-refractivity contribution in [3.05, 3.63) is 71.0 Å². The van der Waals surface area contributed by atoms with E-state index in [2.05, 4.69) is 6.07 Å². The van der Waals surface area contributed by atoms with Crippen LogP contribution in [0.1, 0.15) is 5.56 Å². The lowest BCUT2D eigenvalue weighted by molar-refractivity contribution is 0.377. The molecule has 0 amide bonds. The van der Waals surface area contributed by atoms with Crippen molar-refractivity contribution in [2.24, 2.45) is 5.73 Å². The summed E-state index contributed by atoms with van der Waals surface area (Å²) in [5, 5.41) is 0. The third-order valence-corrected chi connectivity index (χ3v) is 2.01. The van der Waals surface area contributed by atoms with Crippen molar-refractivity contribution in [1.82, 2.24) is 0 Å². The van der Waals surface area contributed by atoms with Gasteiger partial charge in [0, 0.05) is 6.54 Å². The number of hydrogen-bond donors (Lipinski definition) is 1. The summed E-state index contributed by atoms with van der Waals surface area (Å²) in [7, 11) is 0. The van der Waals surface area contributed by atoms with Crippen molar-refractivity contribution in [3.63, 3.8) is 0 Å². The van der Waals surface area contributed by atoms with Gasteiger partial charge in [-0.15, -0.1) is 0 Å².